The fourth-order valence-corrected chi connectivity index (χ4v) is 4.14. The summed E-state index contributed by atoms with van der Waals surface area (Å²) in [6, 6.07) is 8.94. The van der Waals surface area contributed by atoms with Crippen molar-refractivity contribution in [3.05, 3.63) is 44.8 Å². The molecule has 2 aromatic heterocycles. The van der Waals surface area contributed by atoms with Gasteiger partial charge in [-0.05, 0) is 43.9 Å². The molecule has 25 heavy (non-hydrogen) atoms. The number of nitrogens with zero attached hydrogens (tertiary/aromatic N) is 2. The third kappa shape index (κ3) is 7.24. The van der Waals surface area contributed by atoms with Gasteiger partial charge < -0.3 is 15.5 Å². The van der Waals surface area contributed by atoms with E-state index in [2.05, 4.69) is 78.5 Å². The van der Waals surface area contributed by atoms with Gasteiger partial charge in [0.15, 0.2) is 5.96 Å². The topological polar surface area (TPSA) is 39.7 Å². The summed E-state index contributed by atoms with van der Waals surface area (Å²) in [5.41, 5.74) is 0. The summed E-state index contributed by atoms with van der Waals surface area (Å²) in [6.45, 7) is 6.83. The quantitative estimate of drug-likeness (QED) is 0.326. The largest absolute Gasteiger partial charge is 0.357 e. The van der Waals surface area contributed by atoms with E-state index in [1.54, 1.807) is 22.7 Å². The number of hydrogen-bond donors (Lipinski definition) is 2. The molecule has 0 fully saturated rings. The van der Waals surface area contributed by atoms with Gasteiger partial charge >= 0.3 is 0 Å². The Morgan fingerprint density at radius 1 is 1.12 bits per heavy atom. The number of likely N-dealkylation sites (N-methyl/N-ethyl adjacent to an activating group) is 1. The maximum atomic E-state index is 4.77. The van der Waals surface area contributed by atoms with Gasteiger partial charge in [-0.25, -0.2) is 0 Å². The van der Waals surface area contributed by atoms with Gasteiger partial charge in [-0.15, -0.1) is 46.7 Å². The van der Waals surface area contributed by atoms with Gasteiger partial charge in [-0.2, -0.15) is 0 Å². The van der Waals surface area contributed by atoms with Crippen LogP contribution in [0.25, 0.3) is 0 Å². The zero-order chi connectivity index (χ0) is 17.4. The van der Waals surface area contributed by atoms with Gasteiger partial charge in [0.25, 0.3) is 0 Å². The fraction of sp³-hybridized carbons (Fsp3) is 0.500. The summed E-state index contributed by atoms with van der Waals surface area (Å²) in [5, 5.41) is 11.1. The molecule has 0 amide bonds. The molecule has 2 heterocycles. The molecular formula is C18H29IN4S2. The number of aliphatic imine (C=N–C) groups is 1. The van der Waals surface area contributed by atoms with Crippen LogP contribution in [0.3, 0.4) is 0 Å². The van der Waals surface area contributed by atoms with Gasteiger partial charge in [0.1, 0.15) is 0 Å². The molecule has 7 heteroatoms. The van der Waals surface area contributed by atoms with Crippen molar-refractivity contribution >= 4 is 52.6 Å². The average molecular weight is 492 g/mol. The number of halogens is 1. The molecule has 0 spiro atoms. The number of hydrogen-bond acceptors (Lipinski definition) is 4. The van der Waals surface area contributed by atoms with Crippen LogP contribution in [0.1, 0.15) is 35.6 Å². The molecular weight excluding hydrogens is 463 g/mol. The monoisotopic (exact) mass is 492 g/mol. The third-order valence-corrected chi connectivity index (χ3v) is 5.93. The Labute approximate surface area is 176 Å². The minimum absolute atomic E-state index is 0. The SMILES string of the molecule is CCNC(=NCC(C)c1cccs1)NCC(c1cccs1)N(C)C.I. The standard InChI is InChI=1S/C18H28N4S2.HI/c1-5-19-18(20-12-14(2)16-8-6-10-23-16)21-13-15(22(3)4)17-9-7-11-24-17;/h6-11,14-15H,5,12-13H2,1-4H3,(H2,19,20,21);1H. The Hall–Kier alpha value is -0.640. The lowest BCUT2D eigenvalue weighted by Gasteiger charge is -2.24. The first-order chi connectivity index (χ1) is 11.6. The van der Waals surface area contributed by atoms with Crippen LogP contribution < -0.4 is 10.6 Å². The van der Waals surface area contributed by atoms with Crippen molar-refractivity contribution in [2.24, 2.45) is 4.99 Å². The Bertz CT molecular complexity index is 597. The van der Waals surface area contributed by atoms with E-state index in [0.717, 1.165) is 25.6 Å². The van der Waals surface area contributed by atoms with E-state index in [4.69, 9.17) is 4.99 Å². The van der Waals surface area contributed by atoms with E-state index >= 15 is 0 Å². The minimum Gasteiger partial charge on any atom is -0.357 e. The summed E-state index contributed by atoms with van der Waals surface area (Å²) >= 11 is 3.60. The van der Waals surface area contributed by atoms with E-state index < -0.39 is 0 Å². The Morgan fingerprint density at radius 2 is 1.76 bits per heavy atom. The van der Waals surface area contributed by atoms with Crippen LogP contribution in [0.4, 0.5) is 0 Å². The molecule has 2 unspecified atom stereocenters. The highest BCUT2D eigenvalue weighted by atomic mass is 127. The van der Waals surface area contributed by atoms with Gasteiger partial charge in [-0.3, -0.25) is 4.99 Å². The van der Waals surface area contributed by atoms with Crippen LogP contribution in [-0.2, 0) is 0 Å². The van der Waals surface area contributed by atoms with Crippen LogP contribution in [0.2, 0.25) is 0 Å². The van der Waals surface area contributed by atoms with Gasteiger partial charge in [0, 0.05) is 28.8 Å². The molecule has 0 aliphatic heterocycles. The van der Waals surface area contributed by atoms with Crippen molar-refractivity contribution in [3.8, 4) is 0 Å². The molecule has 0 aliphatic rings. The van der Waals surface area contributed by atoms with E-state index in [-0.39, 0.29) is 24.0 Å². The molecule has 0 aromatic carbocycles. The highest BCUT2D eigenvalue weighted by Crippen LogP contribution is 2.22. The summed E-state index contributed by atoms with van der Waals surface area (Å²) in [4.78, 5) is 9.77. The van der Waals surface area contributed by atoms with Gasteiger partial charge in [0.2, 0.25) is 0 Å². The molecule has 0 aliphatic carbocycles. The number of guanidine groups is 1. The Balaban J connectivity index is 0.00000312. The van der Waals surface area contributed by atoms with Crippen LogP contribution in [-0.4, -0.2) is 44.6 Å². The van der Waals surface area contributed by atoms with Crippen molar-refractivity contribution < 1.29 is 0 Å². The zero-order valence-electron chi connectivity index (χ0n) is 15.4. The molecule has 0 saturated carbocycles. The van der Waals surface area contributed by atoms with Crippen molar-refractivity contribution in [2.45, 2.75) is 25.8 Å². The maximum Gasteiger partial charge on any atom is 0.191 e. The maximum absolute atomic E-state index is 4.77. The molecule has 0 radical (unpaired) electrons. The van der Waals surface area contributed by atoms with Crippen molar-refractivity contribution in [2.75, 3.05) is 33.7 Å². The molecule has 2 atom stereocenters. The molecule has 2 rings (SSSR count). The zero-order valence-corrected chi connectivity index (χ0v) is 19.3. The molecule has 2 aromatic rings. The second kappa shape index (κ2) is 11.9. The fourth-order valence-electron chi connectivity index (χ4n) is 2.44. The van der Waals surface area contributed by atoms with Crippen LogP contribution in [0.5, 0.6) is 0 Å². The Kier molecular flexibility index (Phi) is 10.6. The molecule has 2 N–H and O–H groups in total. The van der Waals surface area contributed by atoms with Gasteiger partial charge in [0.05, 0.1) is 12.6 Å². The normalized spacial score (nSPS) is 14.0. The molecule has 4 nitrogen and oxygen atoms in total. The number of rotatable bonds is 8. The van der Waals surface area contributed by atoms with Crippen LogP contribution in [0, 0.1) is 0 Å². The lowest BCUT2D eigenvalue weighted by Crippen LogP contribution is -2.41. The molecule has 0 saturated heterocycles. The molecule has 0 bridgehead atoms. The summed E-state index contributed by atoms with van der Waals surface area (Å²) in [6.07, 6.45) is 0. The van der Waals surface area contributed by atoms with E-state index in [0.29, 0.717) is 12.0 Å². The molecule has 140 valence electrons. The number of thiophene rings is 2. The Morgan fingerprint density at radius 3 is 2.28 bits per heavy atom. The predicted molar refractivity (Wildman–Crippen MR) is 123 cm³/mol. The second-order valence-corrected chi connectivity index (χ2v) is 7.97. The smallest absolute Gasteiger partial charge is 0.191 e. The van der Waals surface area contributed by atoms with Crippen molar-refractivity contribution in [1.82, 2.24) is 15.5 Å². The second-order valence-electron chi connectivity index (χ2n) is 6.01. The van der Waals surface area contributed by atoms with E-state index in [9.17, 15) is 0 Å². The van der Waals surface area contributed by atoms with Gasteiger partial charge in [-0.1, -0.05) is 19.1 Å². The highest BCUT2D eigenvalue weighted by Gasteiger charge is 2.15. The predicted octanol–water partition coefficient (Wildman–Crippen LogP) is 4.39. The first kappa shape index (κ1) is 22.4. The minimum atomic E-state index is 0. The van der Waals surface area contributed by atoms with E-state index in [1.165, 1.54) is 9.75 Å². The third-order valence-electron chi connectivity index (χ3n) is 3.85. The first-order valence-corrected chi connectivity index (χ1v) is 10.1. The van der Waals surface area contributed by atoms with Crippen LogP contribution in [0.15, 0.2) is 40.0 Å². The number of nitrogens with one attached hydrogen (secondary N) is 2. The highest BCUT2D eigenvalue weighted by molar-refractivity contribution is 14.0. The summed E-state index contributed by atoms with van der Waals surface area (Å²) in [7, 11) is 4.24. The van der Waals surface area contributed by atoms with Crippen molar-refractivity contribution in [1.29, 1.82) is 0 Å². The summed E-state index contributed by atoms with van der Waals surface area (Å²) < 4.78 is 0. The summed E-state index contributed by atoms with van der Waals surface area (Å²) in [5.74, 6) is 1.34. The average Bonchev–Trinajstić information content (AvgIpc) is 3.25. The first-order valence-electron chi connectivity index (χ1n) is 8.37. The van der Waals surface area contributed by atoms with E-state index in [1.807, 2.05) is 0 Å². The lowest BCUT2D eigenvalue weighted by atomic mass is 10.1. The van der Waals surface area contributed by atoms with Crippen LogP contribution >= 0.6 is 46.7 Å². The van der Waals surface area contributed by atoms with Crippen molar-refractivity contribution in [3.63, 3.8) is 0 Å². The lowest BCUT2D eigenvalue weighted by molar-refractivity contribution is 0.302.